The number of aromatic carboxylic acids is 1. The molecule has 18 heavy (non-hydrogen) atoms. The van der Waals surface area contributed by atoms with Crippen LogP contribution in [-0.2, 0) is 0 Å². The maximum atomic E-state index is 11.3. The molecule has 2 rings (SSSR count). The van der Waals surface area contributed by atoms with E-state index in [1.807, 2.05) is 30.5 Å². The maximum absolute atomic E-state index is 11.3. The molecular formula is C12H10N2O3S. The smallest absolute Gasteiger partial charge is 0.360 e. The van der Waals surface area contributed by atoms with Crippen molar-refractivity contribution in [2.45, 2.75) is 4.90 Å². The van der Waals surface area contributed by atoms with E-state index < -0.39 is 17.1 Å². The van der Waals surface area contributed by atoms with Crippen molar-refractivity contribution in [2.24, 2.45) is 0 Å². The van der Waals surface area contributed by atoms with Gasteiger partial charge in [0.15, 0.2) is 0 Å². The summed E-state index contributed by atoms with van der Waals surface area (Å²) in [4.78, 5) is 23.2. The minimum atomic E-state index is -1.32. The van der Waals surface area contributed by atoms with Crippen molar-refractivity contribution < 1.29 is 9.90 Å². The van der Waals surface area contributed by atoms with E-state index in [2.05, 4.69) is 5.10 Å². The van der Waals surface area contributed by atoms with Gasteiger partial charge in [-0.1, -0.05) is 0 Å². The molecule has 0 aliphatic carbocycles. The molecule has 0 unspecified atom stereocenters. The standard InChI is InChI=1S/C12H10N2O3S/c1-18-9-4-2-8(3-5-9)14-7-6-10(15)11(13-14)12(16)17/h2-7H,1H3,(H,16,17). The molecule has 0 spiro atoms. The van der Waals surface area contributed by atoms with Crippen molar-refractivity contribution in [1.29, 1.82) is 0 Å². The highest BCUT2D eigenvalue weighted by Gasteiger charge is 2.11. The number of benzene rings is 1. The molecule has 0 saturated carbocycles. The summed E-state index contributed by atoms with van der Waals surface area (Å²) in [6.07, 6.45) is 3.41. The second kappa shape index (κ2) is 5.05. The fourth-order valence-corrected chi connectivity index (χ4v) is 1.84. The van der Waals surface area contributed by atoms with Gasteiger partial charge in [-0.25, -0.2) is 9.48 Å². The van der Waals surface area contributed by atoms with Gasteiger partial charge >= 0.3 is 5.97 Å². The van der Waals surface area contributed by atoms with E-state index >= 15 is 0 Å². The van der Waals surface area contributed by atoms with Crippen LogP contribution in [0.4, 0.5) is 0 Å². The van der Waals surface area contributed by atoms with Gasteiger partial charge in [0.1, 0.15) is 0 Å². The van der Waals surface area contributed by atoms with Crippen molar-refractivity contribution in [3.05, 3.63) is 52.4 Å². The number of hydrogen-bond acceptors (Lipinski definition) is 4. The van der Waals surface area contributed by atoms with Crippen LogP contribution < -0.4 is 5.43 Å². The molecule has 1 heterocycles. The third kappa shape index (κ3) is 2.43. The lowest BCUT2D eigenvalue weighted by Gasteiger charge is -2.06. The SMILES string of the molecule is CSc1ccc(-n2ccc(=O)c(C(=O)O)n2)cc1. The summed E-state index contributed by atoms with van der Waals surface area (Å²) in [5.74, 6) is -1.32. The Morgan fingerprint density at radius 2 is 1.94 bits per heavy atom. The molecule has 0 aliphatic rings. The van der Waals surface area contributed by atoms with Crippen LogP contribution in [0, 0.1) is 0 Å². The van der Waals surface area contributed by atoms with E-state index in [0.717, 1.165) is 4.90 Å². The zero-order valence-corrected chi connectivity index (χ0v) is 10.3. The van der Waals surface area contributed by atoms with Gasteiger partial charge in [0.05, 0.1) is 5.69 Å². The van der Waals surface area contributed by atoms with Gasteiger partial charge in [0, 0.05) is 17.2 Å². The Morgan fingerprint density at radius 1 is 1.28 bits per heavy atom. The van der Waals surface area contributed by atoms with Crippen LogP contribution >= 0.6 is 11.8 Å². The van der Waals surface area contributed by atoms with Gasteiger partial charge in [-0.05, 0) is 30.5 Å². The normalized spacial score (nSPS) is 10.3. The quantitative estimate of drug-likeness (QED) is 0.851. The Labute approximate surface area is 107 Å². The molecule has 0 fully saturated rings. The third-order valence-electron chi connectivity index (χ3n) is 2.35. The molecule has 5 nitrogen and oxygen atoms in total. The molecule has 0 radical (unpaired) electrons. The summed E-state index contributed by atoms with van der Waals surface area (Å²) in [7, 11) is 0. The lowest BCUT2D eigenvalue weighted by molar-refractivity contribution is 0.0687. The summed E-state index contributed by atoms with van der Waals surface area (Å²) >= 11 is 1.61. The highest BCUT2D eigenvalue weighted by Crippen LogP contribution is 2.16. The van der Waals surface area contributed by atoms with E-state index in [1.165, 1.54) is 16.9 Å². The van der Waals surface area contributed by atoms with Gasteiger partial charge in [0.25, 0.3) is 0 Å². The summed E-state index contributed by atoms with van der Waals surface area (Å²) < 4.78 is 1.37. The second-order valence-electron chi connectivity index (χ2n) is 3.48. The minimum Gasteiger partial charge on any atom is -0.476 e. The molecule has 0 atom stereocenters. The second-order valence-corrected chi connectivity index (χ2v) is 4.36. The molecule has 2 aromatic rings. The van der Waals surface area contributed by atoms with E-state index in [-0.39, 0.29) is 0 Å². The Kier molecular flexibility index (Phi) is 3.47. The lowest BCUT2D eigenvalue weighted by Crippen LogP contribution is -2.20. The molecule has 0 aliphatic heterocycles. The summed E-state index contributed by atoms with van der Waals surface area (Å²) in [6, 6.07) is 8.63. The minimum absolute atomic E-state index is 0.480. The number of carbonyl (C=O) groups is 1. The van der Waals surface area contributed by atoms with Crippen LogP contribution in [0.2, 0.25) is 0 Å². The molecule has 0 amide bonds. The summed E-state index contributed by atoms with van der Waals surface area (Å²) in [5.41, 5.74) is -0.374. The molecule has 0 bridgehead atoms. The first-order chi connectivity index (χ1) is 8.61. The number of carboxylic acids is 1. The zero-order valence-electron chi connectivity index (χ0n) is 9.53. The predicted octanol–water partition coefficient (Wildman–Crippen LogP) is 1.65. The van der Waals surface area contributed by atoms with Gasteiger partial charge in [-0.2, -0.15) is 5.10 Å². The van der Waals surface area contributed by atoms with Crippen LogP contribution in [0.1, 0.15) is 10.5 Å². The Morgan fingerprint density at radius 3 is 2.50 bits per heavy atom. The molecule has 0 saturated heterocycles. The largest absolute Gasteiger partial charge is 0.476 e. The maximum Gasteiger partial charge on any atom is 0.360 e. The number of nitrogens with zero attached hydrogens (tertiary/aromatic N) is 2. The average Bonchev–Trinajstić information content (AvgIpc) is 2.39. The van der Waals surface area contributed by atoms with Gasteiger partial charge < -0.3 is 5.11 Å². The zero-order chi connectivity index (χ0) is 13.1. The fourth-order valence-electron chi connectivity index (χ4n) is 1.43. The van der Waals surface area contributed by atoms with E-state index in [9.17, 15) is 9.59 Å². The molecule has 92 valence electrons. The number of hydrogen-bond donors (Lipinski definition) is 1. The molecule has 1 N–H and O–H groups in total. The monoisotopic (exact) mass is 262 g/mol. The first-order valence-electron chi connectivity index (χ1n) is 5.09. The molecular weight excluding hydrogens is 252 g/mol. The van der Waals surface area contributed by atoms with Crippen LogP contribution in [0.15, 0.2) is 46.2 Å². The molecule has 1 aromatic carbocycles. The van der Waals surface area contributed by atoms with Gasteiger partial charge in [0.2, 0.25) is 11.1 Å². The average molecular weight is 262 g/mol. The molecule has 6 heteroatoms. The van der Waals surface area contributed by atoms with Crippen molar-refractivity contribution in [3.8, 4) is 5.69 Å². The Balaban J connectivity index is 2.47. The van der Waals surface area contributed by atoms with Crippen molar-refractivity contribution >= 4 is 17.7 Å². The predicted molar refractivity (Wildman–Crippen MR) is 68.6 cm³/mol. The van der Waals surface area contributed by atoms with Crippen LogP contribution in [0.5, 0.6) is 0 Å². The third-order valence-corrected chi connectivity index (χ3v) is 3.09. The summed E-state index contributed by atoms with van der Waals surface area (Å²) in [5, 5.41) is 12.6. The molecule has 1 aromatic heterocycles. The topological polar surface area (TPSA) is 72.2 Å². The number of thioether (sulfide) groups is 1. The van der Waals surface area contributed by atoms with E-state index in [4.69, 9.17) is 5.11 Å². The first kappa shape index (κ1) is 12.4. The first-order valence-corrected chi connectivity index (χ1v) is 6.32. The van der Waals surface area contributed by atoms with Crippen molar-refractivity contribution in [3.63, 3.8) is 0 Å². The fraction of sp³-hybridized carbons (Fsp3) is 0.0833. The number of aromatic nitrogens is 2. The Bertz CT molecular complexity index is 635. The lowest BCUT2D eigenvalue weighted by atomic mass is 10.3. The number of rotatable bonds is 3. The van der Waals surface area contributed by atoms with E-state index in [1.54, 1.807) is 11.8 Å². The van der Waals surface area contributed by atoms with E-state index in [0.29, 0.717) is 5.69 Å². The van der Waals surface area contributed by atoms with Crippen molar-refractivity contribution in [1.82, 2.24) is 9.78 Å². The Hall–Kier alpha value is -2.08. The van der Waals surface area contributed by atoms with Gasteiger partial charge in [-0.3, -0.25) is 4.79 Å². The number of carboxylic acid groups (broad SMARTS) is 1. The highest BCUT2D eigenvalue weighted by molar-refractivity contribution is 7.98. The summed E-state index contributed by atoms with van der Waals surface area (Å²) in [6.45, 7) is 0. The highest BCUT2D eigenvalue weighted by atomic mass is 32.2. The van der Waals surface area contributed by atoms with Crippen LogP contribution in [0.3, 0.4) is 0 Å². The van der Waals surface area contributed by atoms with Crippen LogP contribution in [-0.4, -0.2) is 27.1 Å². The van der Waals surface area contributed by atoms with Crippen LogP contribution in [0.25, 0.3) is 5.69 Å². The van der Waals surface area contributed by atoms with Gasteiger partial charge in [-0.15, -0.1) is 11.8 Å². The van der Waals surface area contributed by atoms with Crippen molar-refractivity contribution in [2.75, 3.05) is 6.26 Å².